The van der Waals surface area contributed by atoms with Gasteiger partial charge in [-0.3, -0.25) is 9.59 Å². The summed E-state index contributed by atoms with van der Waals surface area (Å²) < 4.78 is 0. The fourth-order valence-electron chi connectivity index (χ4n) is 3.27. The summed E-state index contributed by atoms with van der Waals surface area (Å²) in [4.78, 5) is 27.8. The van der Waals surface area contributed by atoms with Gasteiger partial charge in [0.25, 0.3) is 0 Å². The molecule has 0 aromatic heterocycles. The summed E-state index contributed by atoms with van der Waals surface area (Å²) in [5.74, 6) is 2.66. The van der Waals surface area contributed by atoms with Crippen LogP contribution in [0.15, 0.2) is 34.5 Å². The molecule has 1 saturated heterocycles. The third-order valence-corrected chi connectivity index (χ3v) is 5.03. The smallest absolute Gasteiger partial charge is 0.224 e. The van der Waals surface area contributed by atoms with Crippen molar-refractivity contribution in [3.63, 3.8) is 0 Å². The Bertz CT molecular complexity index is 769. The normalized spacial score (nSPS) is 17.3. The Hall–Kier alpha value is -2.88. The number of nitrogens with one attached hydrogen (secondary N) is 1. The molecule has 3 rings (SSSR count). The standard InChI is InChI=1S/C20H25N5O2/c1-3-4-9-20(22-23-20)10-8-19(27)21-17-6-5-7-18(15-17)25-13-11-24(12-14-25)16(2)26/h1,5-7,15H,4,8-14H2,2H3,(H,21,27). The van der Waals surface area contributed by atoms with Crippen molar-refractivity contribution in [2.24, 2.45) is 10.2 Å². The van der Waals surface area contributed by atoms with Gasteiger partial charge in [-0.1, -0.05) is 6.07 Å². The molecule has 0 aliphatic carbocycles. The number of rotatable bonds is 7. The number of hydrogen-bond donors (Lipinski definition) is 1. The molecule has 2 amide bonds. The molecule has 142 valence electrons. The molecule has 2 aliphatic rings. The fourth-order valence-corrected chi connectivity index (χ4v) is 3.27. The van der Waals surface area contributed by atoms with Crippen molar-refractivity contribution in [3.05, 3.63) is 24.3 Å². The van der Waals surface area contributed by atoms with Gasteiger partial charge >= 0.3 is 0 Å². The van der Waals surface area contributed by atoms with Gasteiger partial charge in [-0.15, -0.1) is 12.3 Å². The average molecular weight is 367 g/mol. The first-order valence-electron chi connectivity index (χ1n) is 9.29. The third-order valence-electron chi connectivity index (χ3n) is 5.03. The van der Waals surface area contributed by atoms with Crippen molar-refractivity contribution in [1.29, 1.82) is 0 Å². The van der Waals surface area contributed by atoms with E-state index in [9.17, 15) is 9.59 Å². The summed E-state index contributed by atoms with van der Waals surface area (Å²) >= 11 is 0. The molecule has 0 unspecified atom stereocenters. The molecule has 0 bridgehead atoms. The molecular formula is C20H25N5O2. The topological polar surface area (TPSA) is 77.4 Å². The van der Waals surface area contributed by atoms with Crippen molar-refractivity contribution in [2.75, 3.05) is 36.4 Å². The largest absolute Gasteiger partial charge is 0.368 e. The lowest BCUT2D eigenvalue weighted by Gasteiger charge is -2.35. The van der Waals surface area contributed by atoms with Crippen LogP contribution in [-0.2, 0) is 9.59 Å². The molecule has 2 heterocycles. The van der Waals surface area contributed by atoms with Crippen molar-refractivity contribution in [1.82, 2.24) is 4.90 Å². The SMILES string of the molecule is C#CCCC1(CCC(=O)Nc2cccc(N3CCN(C(C)=O)CC3)c2)N=N1. The maximum Gasteiger partial charge on any atom is 0.224 e. The maximum atomic E-state index is 12.3. The first-order valence-corrected chi connectivity index (χ1v) is 9.29. The van der Waals surface area contributed by atoms with Crippen molar-refractivity contribution < 1.29 is 9.59 Å². The number of benzene rings is 1. The zero-order chi connectivity index (χ0) is 19.3. The molecule has 1 N–H and O–H groups in total. The van der Waals surface area contributed by atoms with E-state index < -0.39 is 5.66 Å². The number of carbonyl (C=O) groups excluding carboxylic acids is 2. The predicted molar refractivity (Wildman–Crippen MR) is 104 cm³/mol. The summed E-state index contributed by atoms with van der Waals surface area (Å²) in [7, 11) is 0. The van der Waals surface area contributed by atoms with Gasteiger partial charge in [0.05, 0.1) is 0 Å². The molecule has 0 saturated carbocycles. The number of carbonyl (C=O) groups is 2. The monoisotopic (exact) mass is 367 g/mol. The molecule has 2 aliphatic heterocycles. The number of piperazine rings is 1. The summed E-state index contributed by atoms with van der Waals surface area (Å²) in [5.41, 5.74) is 1.39. The number of nitrogens with zero attached hydrogens (tertiary/aromatic N) is 4. The van der Waals surface area contributed by atoms with E-state index >= 15 is 0 Å². The second kappa shape index (κ2) is 8.21. The number of terminal acetylenes is 1. The fraction of sp³-hybridized carbons (Fsp3) is 0.500. The van der Waals surface area contributed by atoms with Gasteiger partial charge in [0, 0.05) is 70.2 Å². The van der Waals surface area contributed by atoms with Crippen molar-refractivity contribution in [2.45, 2.75) is 38.3 Å². The Balaban J connectivity index is 1.50. The second-order valence-electron chi connectivity index (χ2n) is 6.98. The highest BCUT2D eigenvalue weighted by atomic mass is 16.2. The van der Waals surface area contributed by atoms with Crippen LogP contribution in [0, 0.1) is 12.3 Å². The molecule has 0 atom stereocenters. The lowest BCUT2D eigenvalue weighted by atomic mass is 10.0. The van der Waals surface area contributed by atoms with Gasteiger partial charge in [0.2, 0.25) is 11.8 Å². The van der Waals surface area contributed by atoms with Crippen LogP contribution in [0.25, 0.3) is 0 Å². The molecule has 7 heteroatoms. The van der Waals surface area contributed by atoms with E-state index in [-0.39, 0.29) is 11.8 Å². The Morgan fingerprint density at radius 3 is 2.59 bits per heavy atom. The molecule has 1 fully saturated rings. The van der Waals surface area contributed by atoms with Gasteiger partial charge in [-0.25, -0.2) is 0 Å². The third kappa shape index (κ3) is 5.07. The van der Waals surface area contributed by atoms with E-state index in [0.717, 1.165) is 37.6 Å². The van der Waals surface area contributed by atoms with Crippen LogP contribution in [0.4, 0.5) is 11.4 Å². The van der Waals surface area contributed by atoms with Gasteiger partial charge in [0.15, 0.2) is 5.66 Å². The van der Waals surface area contributed by atoms with Crippen LogP contribution in [0.5, 0.6) is 0 Å². The zero-order valence-electron chi connectivity index (χ0n) is 15.6. The average Bonchev–Trinajstić information content (AvgIpc) is 3.45. The van der Waals surface area contributed by atoms with Crippen LogP contribution < -0.4 is 10.2 Å². The van der Waals surface area contributed by atoms with Gasteiger partial charge in [0.1, 0.15) is 0 Å². The summed E-state index contributed by atoms with van der Waals surface area (Å²) in [6.45, 7) is 4.62. The Labute approximate surface area is 159 Å². The molecule has 0 radical (unpaired) electrons. The van der Waals surface area contributed by atoms with Crippen LogP contribution in [-0.4, -0.2) is 48.6 Å². The highest BCUT2D eigenvalue weighted by Crippen LogP contribution is 2.37. The van der Waals surface area contributed by atoms with Crippen molar-refractivity contribution in [3.8, 4) is 12.3 Å². The Kier molecular flexibility index (Phi) is 5.75. The van der Waals surface area contributed by atoms with Crippen LogP contribution in [0.1, 0.15) is 32.6 Å². The van der Waals surface area contributed by atoms with E-state index in [1.807, 2.05) is 29.2 Å². The predicted octanol–water partition coefficient (Wildman–Crippen LogP) is 2.65. The summed E-state index contributed by atoms with van der Waals surface area (Å²) in [5, 5.41) is 11.1. The number of anilines is 2. The van der Waals surface area contributed by atoms with E-state index in [0.29, 0.717) is 25.7 Å². The van der Waals surface area contributed by atoms with Crippen LogP contribution in [0.3, 0.4) is 0 Å². The Morgan fingerprint density at radius 2 is 1.96 bits per heavy atom. The first kappa shape index (κ1) is 18.9. The highest BCUT2D eigenvalue weighted by molar-refractivity contribution is 5.91. The number of amides is 2. The molecule has 7 nitrogen and oxygen atoms in total. The number of hydrogen-bond acceptors (Lipinski definition) is 5. The van der Waals surface area contributed by atoms with E-state index in [4.69, 9.17) is 6.42 Å². The zero-order valence-corrected chi connectivity index (χ0v) is 15.6. The lowest BCUT2D eigenvalue weighted by molar-refractivity contribution is -0.129. The minimum atomic E-state index is -0.429. The van der Waals surface area contributed by atoms with E-state index in [2.05, 4.69) is 26.4 Å². The van der Waals surface area contributed by atoms with Crippen LogP contribution in [0.2, 0.25) is 0 Å². The van der Waals surface area contributed by atoms with Crippen molar-refractivity contribution >= 4 is 23.2 Å². The van der Waals surface area contributed by atoms with Gasteiger partial charge in [-0.05, 0) is 18.2 Å². The first-order chi connectivity index (χ1) is 13.0. The quantitative estimate of drug-likeness (QED) is 0.753. The summed E-state index contributed by atoms with van der Waals surface area (Å²) in [6, 6.07) is 7.81. The second-order valence-corrected chi connectivity index (χ2v) is 6.98. The molecule has 1 aromatic carbocycles. The van der Waals surface area contributed by atoms with Gasteiger partial charge in [-0.2, -0.15) is 10.2 Å². The lowest BCUT2D eigenvalue weighted by Crippen LogP contribution is -2.48. The van der Waals surface area contributed by atoms with Crippen LogP contribution >= 0.6 is 0 Å². The molecule has 0 spiro atoms. The summed E-state index contributed by atoms with van der Waals surface area (Å²) in [6.07, 6.45) is 7.56. The van der Waals surface area contributed by atoms with Gasteiger partial charge < -0.3 is 15.1 Å². The minimum absolute atomic E-state index is 0.0501. The van der Waals surface area contributed by atoms with E-state index in [1.165, 1.54) is 0 Å². The molecule has 27 heavy (non-hydrogen) atoms. The molecule has 1 aromatic rings. The maximum absolute atomic E-state index is 12.3. The minimum Gasteiger partial charge on any atom is -0.368 e. The van der Waals surface area contributed by atoms with E-state index in [1.54, 1.807) is 6.92 Å². The molecular weight excluding hydrogens is 342 g/mol. The Morgan fingerprint density at radius 1 is 1.22 bits per heavy atom. The highest BCUT2D eigenvalue weighted by Gasteiger charge is 2.39.